The third-order valence-corrected chi connectivity index (χ3v) is 1.91. The van der Waals surface area contributed by atoms with Gasteiger partial charge in [-0.15, -0.1) is 0 Å². The van der Waals surface area contributed by atoms with Crippen molar-refractivity contribution in [1.82, 2.24) is 0 Å². The second-order valence-electron chi connectivity index (χ2n) is 2.41. The molecule has 1 rings (SSSR count). The number of anilines is 1. The summed E-state index contributed by atoms with van der Waals surface area (Å²) in [5.41, 5.74) is 3.69. The lowest BCUT2D eigenvalue weighted by molar-refractivity contribution is 1.39. The number of rotatable bonds is 1. The first-order valence-corrected chi connectivity index (χ1v) is 3.97. The van der Waals surface area contributed by atoms with Crippen LogP contribution in [-0.2, 0) is 0 Å². The van der Waals surface area contributed by atoms with E-state index in [9.17, 15) is 0 Å². The van der Waals surface area contributed by atoms with E-state index in [0.29, 0.717) is 0 Å². The molecule has 0 heterocycles. The average molecular weight is 200 g/mol. The van der Waals surface area contributed by atoms with Gasteiger partial charge in [-0.2, -0.15) is 0 Å². The van der Waals surface area contributed by atoms with Crippen molar-refractivity contribution >= 4 is 21.8 Å². The first-order chi connectivity index (χ1) is 4.74. The van der Waals surface area contributed by atoms with Crippen LogP contribution in [0.1, 0.15) is 11.1 Å². The molecule has 0 bridgehead atoms. The lowest BCUT2D eigenvalue weighted by atomic mass is 10.1. The van der Waals surface area contributed by atoms with Gasteiger partial charge in [-0.3, -0.25) is 0 Å². The molecule has 0 saturated heterocycles. The Morgan fingerprint density at radius 1 is 1.30 bits per heavy atom. The average Bonchev–Trinajstić information content (AvgIpc) is 1.88. The topological polar surface area (TPSA) is 12.0 Å². The van der Waals surface area contributed by atoms with Crippen LogP contribution in [0.3, 0.4) is 0 Å². The van der Waals surface area contributed by atoms with Crippen molar-refractivity contribution in [2.45, 2.75) is 13.8 Å². The highest BCUT2D eigenvalue weighted by atomic mass is 79.9. The van der Waals surface area contributed by atoms with Crippen LogP contribution in [0.25, 0.3) is 0 Å². The second-order valence-corrected chi connectivity index (χ2v) is 2.81. The van der Waals surface area contributed by atoms with Gasteiger partial charge >= 0.3 is 0 Å². The zero-order valence-corrected chi connectivity index (χ0v) is 7.70. The molecule has 1 N–H and O–H groups in total. The smallest absolute Gasteiger partial charge is 0.0470 e. The Morgan fingerprint density at radius 2 is 2.00 bits per heavy atom. The molecule has 54 valence electrons. The van der Waals surface area contributed by atoms with Crippen LogP contribution in [0.2, 0.25) is 0 Å². The Bertz CT molecular complexity index is 233. The second kappa shape index (κ2) is 3.06. The molecule has 0 aliphatic heterocycles. The molecule has 0 saturated carbocycles. The molecule has 0 atom stereocenters. The van der Waals surface area contributed by atoms with Crippen molar-refractivity contribution in [2.75, 3.05) is 4.34 Å². The molecule has 1 aromatic rings. The zero-order valence-electron chi connectivity index (χ0n) is 6.11. The van der Waals surface area contributed by atoms with Crippen molar-refractivity contribution < 1.29 is 0 Å². The lowest BCUT2D eigenvalue weighted by Crippen LogP contribution is -1.84. The predicted molar refractivity (Wildman–Crippen MR) is 48.5 cm³/mol. The van der Waals surface area contributed by atoms with Gasteiger partial charge in [0.1, 0.15) is 0 Å². The maximum absolute atomic E-state index is 3.18. The highest BCUT2D eigenvalue weighted by Crippen LogP contribution is 2.16. The SMILES string of the molecule is Cc1ccc(NBr)c(C)c1. The summed E-state index contributed by atoms with van der Waals surface area (Å²) in [6.07, 6.45) is 0. The highest BCUT2D eigenvalue weighted by molar-refractivity contribution is 9.10. The number of hydrogen-bond acceptors (Lipinski definition) is 1. The number of aryl methyl sites for hydroxylation is 2. The molecule has 0 amide bonds. The van der Waals surface area contributed by atoms with Gasteiger partial charge in [-0.25, -0.2) is 0 Å². The van der Waals surface area contributed by atoms with Gasteiger partial charge < -0.3 is 4.34 Å². The van der Waals surface area contributed by atoms with Crippen molar-refractivity contribution in [3.05, 3.63) is 29.3 Å². The molecule has 0 aliphatic carbocycles. The standard InChI is InChI=1S/C8H10BrN/c1-6-3-4-8(10-9)7(2)5-6/h3-5,10H,1-2H3. The fraction of sp³-hybridized carbons (Fsp3) is 0.250. The molecule has 1 nitrogen and oxygen atoms in total. The Morgan fingerprint density at radius 3 is 2.50 bits per heavy atom. The van der Waals surface area contributed by atoms with Crippen LogP contribution >= 0.6 is 16.1 Å². The van der Waals surface area contributed by atoms with E-state index in [0.717, 1.165) is 5.69 Å². The minimum Gasteiger partial charge on any atom is -0.322 e. The van der Waals surface area contributed by atoms with E-state index >= 15 is 0 Å². The minimum atomic E-state index is 1.13. The van der Waals surface area contributed by atoms with E-state index in [1.165, 1.54) is 11.1 Å². The van der Waals surface area contributed by atoms with Gasteiger partial charge in [-0.1, -0.05) is 17.7 Å². The molecule has 0 aliphatic rings. The largest absolute Gasteiger partial charge is 0.322 e. The molecule has 0 radical (unpaired) electrons. The third-order valence-electron chi connectivity index (χ3n) is 1.48. The van der Waals surface area contributed by atoms with Crippen LogP contribution in [-0.4, -0.2) is 0 Å². The molecule has 0 fully saturated rings. The summed E-state index contributed by atoms with van der Waals surface area (Å²) in [6, 6.07) is 6.28. The number of halogens is 1. The monoisotopic (exact) mass is 199 g/mol. The summed E-state index contributed by atoms with van der Waals surface area (Å²) in [4.78, 5) is 0. The first-order valence-electron chi connectivity index (χ1n) is 3.18. The molecule has 1 aromatic carbocycles. The lowest BCUT2D eigenvalue weighted by Gasteiger charge is -2.02. The predicted octanol–water partition coefficient (Wildman–Crippen LogP) is 3.03. The molecule has 0 spiro atoms. The minimum absolute atomic E-state index is 1.13. The Kier molecular flexibility index (Phi) is 2.33. The van der Waals surface area contributed by atoms with Gasteiger partial charge in [0, 0.05) is 21.8 Å². The van der Waals surface area contributed by atoms with Gasteiger partial charge in [0.25, 0.3) is 0 Å². The molecular weight excluding hydrogens is 190 g/mol. The summed E-state index contributed by atoms with van der Waals surface area (Å²) in [5, 5.41) is 0. The van der Waals surface area contributed by atoms with E-state index in [2.05, 4.69) is 52.5 Å². The van der Waals surface area contributed by atoms with Crippen molar-refractivity contribution in [1.29, 1.82) is 0 Å². The summed E-state index contributed by atoms with van der Waals surface area (Å²) < 4.78 is 2.93. The van der Waals surface area contributed by atoms with Crippen molar-refractivity contribution in [3.8, 4) is 0 Å². The van der Waals surface area contributed by atoms with Crippen LogP contribution in [0.15, 0.2) is 18.2 Å². The van der Waals surface area contributed by atoms with Crippen LogP contribution < -0.4 is 4.34 Å². The van der Waals surface area contributed by atoms with Gasteiger partial charge in [-0.05, 0) is 25.5 Å². The van der Waals surface area contributed by atoms with E-state index in [1.807, 2.05) is 0 Å². The maximum atomic E-state index is 3.18. The number of nitrogens with one attached hydrogen (secondary N) is 1. The van der Waals surface area contributed by atoms with Crippen LogP contribution in [0.5, 0.6) is 0 Å². The zero-order chi connectivity index (χ0) is 7.56. The van der Waals surface area contributed by atoms with E-state index in [1.54, 1.807) is 0 Å². The third kappa shape index (κ3) is 1.51. The fourth-order valence-corrected chi connectivity index (χ4v) is 1.36. The Labute approximate surface area is 69.8 Å². The van der Waals surface area contributed by atoms with Crippen LogP contribution in [0.4, 0.5) is 5.69 Å². The summed E-state index contributed by atoms with van der Waals surface area (Å²) in [6.45, 7) is 4.17. The van der Waals surface area contributed by atoms with E-state index in [4.69, 9.17) is 0 Å². The van der Waals surface area contributed by atoms with E-state index in [-0.39, 0.29) is 0 Å². The first kappa shape index (κ1) is 7.61. The summed E-state index contributed by atoms with van der Waals surface area (Å²) in [5.74, 6) is 0. The van der Waals surface area contributed by atoms with Gasteiger partial charge in [0.2, 0.25) is 0 Å². The molecule has 2 heteroatoms. The van der Waals surface area contributed by atoms with Crippen LogP contribution in [0, 0.1) is 13.8 Å². The Hall–Kier alpha value is -0.500. The fourth-order valence-electron chi connectivity index (χ4n) is 0.920. The molecule has 10 heavy (non-hydrogen) atoms. The van der Waals surface area contributed by atoms with Crippen molar-refractivity contribution in [2.24, 2.45) is 0 Å². The normalized spacial score (nSPS) is 9.50. The van der Waals surface area contributed by atoms with Crippen molar-refractivity contribution in [3.63, 3.8) is 0 Å². The Balaban J connectivity index is 3.07. The molecule has 0 aromatic heterocycles. The van der Waals surface area contributed by atoms with Gasteiger partial charge in [0.05, 0.1) is 0 Å². The van der Waals surface area contributed by atoms with Gasteiger partial charge in [0.15, 0.2) is 0 Å². The summed E-state index contributed by atoms with van der Waals surface area (Å²) >= 11 is 3.18. The number of hydrogen-bond donors (Lipinski definition) is 1. The quantitative estimate of drug-likeness (QED) is 0.687. The van der Waals surface area contributed by atoms with E-state index < -0.39 is 0 Å². The highest BCUT2D eigenvalue weighted by Gasteiger charge is 1.93. The summed E-state index contributed by atoms with van der Waals surface area (Å²) in [7, 11) is 0. The molecular formula is C8H10BrN. The number of benzene rings is 1. The molecule has 0 unspecified atom stereocenters. The maximum Gasteiger partial charge on any atom is 0.0470 e.